The van der Waals surface area contributed by atoms with E-state index in [1.807, 2.05) is 0 Å². The summed E-state index contributed by atoms with van der Waals surface area (Å²) in [6.45, 7) is -0.342. The van der Waals surface area contributed by atoms with Crippen LogP contribution in [-0.2, 0) is 0 Å². The topological polar surface area (TPSA) is 130 Å². The number of pyridine rings is 2. The summed E-state index contributed by atoms with van der Waals surface area (Å²) < 4.78 is 0.554. The number of rotatable bonds is 4. The zero-order valence-corrected chi connectivity index (χ0v) is 15.7. The number of fused-ring (bicyclic) bond motifs is 1. The van der Waals surface area contributed by atoms with Crippen LogP contribution in [-0.4, -0.2) is 39.0 Å². The Morgan fingerprint density at radius 3 is 2.70 bits per heavy atom. The summed E-state index contributed by atoms with van der Waals surface area (Å²) in [5, 5.41) is 38.8. The number of nitrogens with one attached hydrogen (secondary N) is 1. The van der Waals surface area contributed by atoms with E-state index in [2.05, 4.69) is 28.7 Å². The third kappa shape index (κ3) is 4.90. The molecule has 0 spiro atoms. The molecule has 1 atom stereocenters. The number of carbonyl (C=O) groups excluding carboxylic acids is 1. The van der Waals surface area contributed by atoms with Crippen LogP contribution in [0, 0.1) is 28.9 Å². The van der Waals surface area contributed by atoms with E-state index < -0.39 is 12.0 Å². The minimum atomic E-state index is -0.871. The molecule has 0 bridgehead atoms. The molecule has 8 heteroatoms. The van der Waals surface area contributed by atoms with Crippen molar-refractivity contribution in [1.82, 2.24) is 10.5 Å². The van der Waals surface area contributed by atoms with E-state index >= 15 is 0 Å². The maximum absolute atomic E-state index is 12.0. The summed E-state index contributed by atoms with van der Waals surface area (Å²) in [4.78, 5) is 16.5. The van der Waals surface area contributed by atoms with E-state index in [9.17, 15) is 15.1 Å². The number of aromatic nitrogens is 2. The quantitative estimate of drug-likeness (QED) is 0.167. The average molecular weight is 403 g/mol. The fraction of sp³-hybridized carbons (Fsp3) is 0.136. The number of aliphatic hydroxyl groups is 2. The van der Waals surface area contributed by atoms with E-state index in [1.165, 1.54) is 24.5 Å². The van der Waals surface area contributed by atoms with Gasteiger partial charge in [0.25, 0.3) is 5.91 Å². The summed E-state index contributed by atoms with van der Waals surface area (Å²) in [5.41, 5.74) is 4.04. The highest BCUT2D eigenvalue weighted by molar-refractivity contribution is 6.06. The lowest BCUT2D eigenvalue weighted by Gasteiger charge is -2.08. The van der Waals surface area contributed by atoms with Crippen LogP contribution >= 0.6 is 0 Å². The molecule has 0 aliphatic heterocycles. The highest BCUT2D eigenvalue weighted by atomic mass is 16.5. The van der Waals surface area contributed by atoms with Gasteiger partial charge >= 0.3 is 0 Å². The van der Waals surface area contributed by atoms with Crippen molar-refractivity contribution < 1.29 is 24.9 Å². The highest BCUT2D eigenvalue weighted by Crippen LogP contribution is 2.24. The Bertz CT molecular complexity index is 1200. The fourth-order valence-electron chi connectivity index (χ4n) is 2.65. The smallest absolute Gasteiger partial charge is 0.275 e. The van der Waals surface area contributed by atoms with Crippen LogP contribution in [0.3, 0.4) is 0 Å². The van der Waals surface area contributed by atoms with Crippen molar-refractivity contribution in [1.29, 1.82) is 0 Å². The zero-order chi connectivity index (χ0) is 21.5. The molecule has 0 radical (unpaired) electrons. The van der Waals surface area contributed by atoms with Crippen LogP contribution in [0.1, 0.15) is 22.3 Å². The van der Waals surface area contributed by atoms with Crippen LogP contribution in [0.4, 0.5) is 0 Å². The van der Waals surface area contributed by atoms with E-state index in [0.717, 1.165) is 0 Å². The van der Waals surface area contributed by atoms with E-state index in [0.29, 0.717) is 32.5 Å². The van der Waals surface area contributed by atoms with Gasteiger partial charge in [0.1, 0.15) is 0 Å². The average Bonchev–Trinajstić information content (AvgIpc) is 2.77. The van der Waals surface area contributed by atoms with Gasteiger partial charge in [0, 0.05) is 23.6 Å². The van der Waals surface area contributed by atoms with Crippen LogP contribution in [0.5, 0.6) is 0 Å². The molecule has 1 unspecified atom stereocenters. The molecule has 0 saturated heterocycles. The third-order valence-electron chi connectivity index (χ3n) is 4.16. The molecule has 150 valence electrons. The summed E-state index contributed by atoms with van der Waals surface area (Å²) in [7, 11) is 0. The van der Waals surface area contributed by atoms with E-state index in [-0.39, 0.29) is 18.6 Å². The van der Waals surface area contributed by atoms with Gasteiger partial charge in [-0.15, -0.1) is 0 Å². The second kappa shape index (κ2) is 9.50. The molecule has 2 heterocycles. The predicted octanol–water partition coefficient (Wildman–Crippen LogP) is 0.752. The molecule has 1 aromatic carbocycles. The Morgan fingerprint density at radius 1 is 1.23 bits per heavy atom. The maximum Gasteiger partial charge on any atom is 0.275 e. The van der Waals surface area contributed by atoms with Gasteiger partial charge in [-0.25, -0.2) is 10.5 Å². The van der Waals surface area contributed by atoms with E-state index in [1.54, 1.807) is 29.7 Å². The number of aliphatic hydroxyl groups excluding tert-OH is 2. The van der Waals surface area contributed by atoms with Gasteiger partial charge in [-0.2, -0.15) is 4.73 Å². The molecule has 1 amide bonds. The lowest BCUT2D eigenvalue weighted by molar-refractivity contribution is -0.603. The molecule has 8 nitrogen and oxygen atoms in total. The Balaban J connectivity index is 1.90. The van der Waals surface area contributed by atoms with Gasteiger partial charge in [0.15, 0.2) is 12.4 Å². The van der Waals surface area contributed by atoms with Crippen molar-refractivity contribution in [2.75, 3.05) is 6.61 Å². The molecule has 0 aliphatic rings. The van der Waals surface area contributed by atoms with Crippen molar-refractivity contribution >= 4 is 16.8 Å². The van der Waals surface area contributed by atoms with E-state index in [4.69, 9.17) is 10.3 Å². The SMILES string of the molecule is O=C(NO)c1cc(-c2ccc(C#CC#CCC(O)CO)cc2)nc2cc[n+]([O-])cc12. The van der Waals surface area contributed by atoms with Crippen LogP contribution < -0.4 is 10.2 Å². The third-order valence-corrected chi connectivity index (χ3v) is 4.16. The number of hydrogen-bond donors (Lipinski definition) is 4. The summed E-state index contributed by atoms with van der Waals surface area (Å²) in [6, 6.07) is 10.1. The first-order chi connectivity index (χ1) is 14.5. The first-order valence-corrected chi connectivity index (χ1v) is 8.88. The van der Waals surface area contributed by atoms with Crippen molar-refractivity contribution in [3.63, 3.8) is 0 Å². The van der Waals surface area contributed by atoms with Gasteiger partial charge in [-0.1, -0.05) is 24.0 Å². The summed E-state index contributed by atoms with van der Waals surface area (Å²) >= 11 is 0. The van der Waals surface area contributed by atoms with Crippen molar-refractivity contribution in [3.8, 4) is 34.9 Å². The summed E-state index contributed by atoms with van der Waals surface area (Å²) in [6.07, 6.45) is 1.77. The van der Waals surface area contributed by atoms with Gasteiger partial charge in [0.2, 0.25) is 0 Å². The lowest BCUT2D eigenvalue weighted by Crippen LogP contribution is -2.25. The van der Waals surface area contributed by atoms with Gasteiger partial charge in [0.05, 0.1) is 34.9 Å². The second-order valence-corrected chi connectivity index (χ2v) is 6.27. The standard InChI is InChI=1S/C22H17N3O5/c26-14-17(27)5-3-1-2-4-15-6-8-16(9-7-15)21-12-18(22(28)24-29)19-13-25(30)11-10-20(19)23-21/h6-13,17,26-27,29H,5,14H2,(H,24,28). The first-order valence-electron chi connectivity index (χ1n) is 8.88. The molecule has 0 fully saturated rings. The molecule has 2 aromatic heterocycles. The Hall–Kier alpha value is -3.95. The molecule has 0 aliphatic carbocycles. The van der Waals surface area contributed by atoms with Crippen LogP contribution in [0.15, 0.2) is 48.8 Å². The van der Waals surface area contributed by atoms with Crippen LogP contribution in [0.2, 0.25) is 0 Å². The number of nitrogens with zero attached hydrogens (tertiary/aromatic N) is 2. The molecular weight excluding hydrogens is 386 g/mol. The van der Waals surface area contributed by atoms with Gasteiger partial charge < -0.3 is 15.4 Å². The minimum absolute atomic E-state index is 0.118. The van der Waals surface area contributed by atoms with Gasteiger partial charge in [-0.3, -0.25) is 10.0 Å². The highest BCUT2D eigenvalue weighted by Gasteiger charge is 2.15. The van der Waals surface area contributed by atoms with Crippen LogP contribution in [0.25, 0.3) is 22.2 Å². The summed E-state index contributed by atoms with van der Waals surface area (Å²) in [5.74, 6) is 10.1. The number of amides is 1. The van der Waals surface area contributed by atoms with Crippen molar-refractivity contribution in [3.05, 3.63) is 65.1 Å². The molecule has 3 rings (SSSR count). The normalized spacial score (nSPS) is 11.0. The molecular formula is C22H17N3O5. The number of hydroxylamine groups is 1. The van der Waals surface area contributed by atoms with Crippen molar-refractivity contribution in [2.45, 2.75) is 12.5 Å². The Morgan fingerprint density at radius 2 is 2.00 bits per heavy atom. The lowest BCUT2D eigenvalue weighted by atomic mass is 10.0. The zero-order valence-electron chi connectivity index (χ0n) is 15.7. The number of benzene rings is 1. The molecule has 3 aromatic rings. The molecule has 30 heavy (non-hydrogen) atoms. The second-order valence-electron chi connectivity index (χ2n) is 6.27. The van der Waals surface area contributed by atoms with Crippen molar-refractivity contribution in [2.24, 2.45) is 0 Å². The molecule has 0 saturated carbocycles. The predicted molar refractivity (Wildman–Crippen MR) is 108 cm³/mol. The fourth-order valence-corrected chi connectivity index (χ4v) is 2.65. The number of hydrogen-bond acceptors (Lipinski definition) is 6. The first kappa shape index (κ1) is 20.8. The molecule has 4 N–H and O–H groups in total. The van der Waals surface area contributed by atoms with Gasteiger partial charge in [-0.05, 0) is 30.0 Å². The number of carbonyl (C=O) groups is 1. The minimum Gasteiger partial charge on any atom is -0.619 e. The largest absolute Gasteiger partial charge is 0.619 e. The maximum atomic E-state index is 12.0. The monoisotopic (exact) mass is 403 g/mol. The Labute approximate surface area is 172 Å². The Kier molecular flexibility index (Phi) is 6.58.